The number of carbonyl (C=O) groups excluding carboxylic acids is 1. The van der Waals surface area contributed by atoms with Gasteiger partial charge in [-0.25, -0.2) is 0 Å². The molecule has 0 aliphatic carbocycles. The Morgan fingerprint density at radius 3 is 2.40 bits per heavy atom. The number of aliphatic imine (C=N–C) groups is 1. The molecule has 1 N–H and O–H groups in total. The highest BCUT2D eigenvalue weighted by atomic mass is 16.6. The molecule has 5 nitrogen and oxygen atoms in total. The molecule has 0 bridgehead atoms. The molecular weight excluding hydrogens is 258 g/mol. The van der Waals surface area contributed by atoms with Crippen molar-refractivity contribution in [2.75, 3.05) is 26.4 Å². The number of aliphatic hydroxyl groups is 1. The van der Waals surface area contributed by atoms with Crippen LogP contribution in [0.5, 0.6) is 0 Å². The van der Waals surface area contributed by atoms with E-state index in [1.807, 2.05) is 20.8 Å². The highest BCUT2D eigenvalue weighted by Gasteiger charge is 2.17. The molecule has 0 aromatic heterocycles. The summed E-state index contributed by atoms with van der Waals surface area (Å²) >= 11 is 0. The van der Waals surface area contributed by atoms with Crippen LogP contribution in [0.2, 0.25) is 0 Å². The molecule has 0 amide bonds. The van der Waals surface area contributed by atoms with E-state index in [-0.39, 0.29) is 24.5 Å². The van der Waals surface area contributed by atoms with Gasteiger partial charge in [0.1, 0.15) is 12.1 Å². The zero-order chi connectivity index (χ0) is 15.6. The van der Waals surface area contributed by atoms with Crippen molar-refractivity contribution < 1.29 is 19.4 Å². The lowest BCUT2D eigenvalue weighted by atomic mass is 9.86. The van der Waals surface area contributed by atoms with Gasteiger partial charge in [-0.3, -0.25) is 9.79 Å². The summed E-state index contributed by atoms with van der Waals surface area (Å²) in [5, 5.41) is 8.61. The van der Waals surface area contributed by atoms with E-state index in [2.05, 4.69) is 18.8 Å². The van der Waals surface area contributed by atoms with Gasteiger partial charge in [0.05, 0.1) is 13.2 Å². The number of aliphatic hydroxyl groups excluding tert-OH is 1. The standard InChI is InChI=1S/C15H29NO4/c1-14(2,3)20-13(18)12-16-8-6-15(4,5)7-10-19-11-9-17/h8,17H,6-7,9-12H2,1-5H3. The third-order valence-electron chi connectivity index (χ3n) is 2.57. The lowest BCUT2D eigenvalue weighted by Crippen LogP contribution is -2.25. The Balaban J connectivity index is 3.89. The molecule has 0 saturated carbocycles. The molecule has 0 rings (SSSR count). The van der Waals surface area contributed by atoms with Gasteiger partial charge in [-0.15, -0.1) is 0 Å². The Hall–Kier alpha value is -0.940. The van der Waals surface area contributed by atoms with Crippen LogP contribution in [0, 0.1) is 5.41 Å². The van der Waals surface area contributed by atoms with E-state index in [1.54, 1.807) is 6.21 Å². The summed E-state index contributed by atoms with van der Waals surface area (Å²) in [5.74, 6) is -0.308. The van der Waals surface area contributed by atoms with Crippen molar-refractivity contribution in [2.45, 2.75) is 53.1 Å². The molecule has 0 heterocycles. The second kappa shape index (κ2) is 9.08. The van der Waals surface area contributed by atoms with E-state index in [1.165, 1.54) is 0 Å². The Morgan fingerprint density at radius 1 is 1.20 bits per heavy atom. The molecule has 0 aliphatic heterocycles. The van der Waals surface area contributed by atoms with Crippen LogP contribution in [0.25, 0.3) is 0 Å². The van der Waals surface area contributed by atoms with Crippen LogP contribution in [-0.2, 0) is 14.3 Å². The summed E-state index contributed by atoms with van der Waals surface area (Å²) in [6, 6.07) is 0. The van der Waals surface area contributed by atoms with Gasteiger partial charge in [0.15, 0.2) is 0 Å². The fraction of sp³-hybridized carbons (Fsp3) is 0.867. The zero-order valence-electron chi connectivity index (χ0n) is 13.4. The largest absolute Gasteiger partial charge is 0.459 e. The second-order valence-electron chi connectivity index (χ2n) is 6.56. The van der Waals surface area contributed by atoms with E-state index in [0.717, 1.165) is 12.8 Å². The number of carbonyl (C=O) groups is 1. The minimum absolute atomic E-state index is 0.0533. The van der Waals surface area contributed by atoms with Crippen LogP contribution in [0.4, 0.5) is 0 Å². The predicted molar refractivity (Wildman–Crippen MR) is 80.1 cm³/mol. The van der Waals surface area contributed by atoms with Crippen LogP contribution in [0.3, 0.4) is 0 Å². The summed E-state index contributed by atoms with van der Waals surface area (Å²) < 4.78 is 10.4. The van der Waals surface area contributed by atoms with Crippen LogP contribution in [0.15, 0.2) is 4.99 Å². The van der Waals surface area contributed by atoms with Gasteiger partial charge in [-0.05, 0) is 45.2 Å². The number of esters is 1. The number of hydrogen-bond acceptors (Lipinski definition) is 5. The van der Waals surface area contributed by atoms with Crippen molar-refractivity contribution in [3.05, 3.63) is 0 Å². The summed E-state index contributed by atoms with van der Waals surface area (Å²) in [6.07, 6.45) is 3.43. The molecule has 0 spiro atoms. The molecule has 20 heavy (non-hydrogen) atoms. The van der Waals surface area contributed by atoms with Crippen LogP contribution in [0.1, 0.15) is 47.5 Å². The van der Waals surface area contributed by atoms with Crippen molar-refractivity contribution >= 4 is 12.2 Å². The topological polar surface area (TPSA) is 68.1 Å². The Bertz CT molecular complexity index is 305. The molecule has 0 atom stereocenters. The maximum atomic E-state index is 11.4. The molecule has 118 valence electrons. The molecule has 0 unspecified atom stereocenters. The zero-order valence-corrected chi connectivity index (χ0v) is 13.4. The van der Waals surface area contributed by atoms with Gasteiger partial charge >= 0.3 is 5.97 Å². The van der Waals surface area contributed by atoms with Crippen molar-refractivity contribution in [1.82, 2.24) is 0 Å². The summed E-state index contributed by atoms with van der Waals surface area (Å²) in [4.78, 5) is 15.6. The highest BCUT2D eigenvalue weighted by Crippen LogP contribution is 2.23. The molecule has 0 saturated heterocycles. The van der Waals surface area contributed by atoms with Crippen molar-refractivity contribution in [2.24, 2.45) is 10.4 Å². The molecular formula is C15H29NO4. The Labute approximate surface area is 122 Å². The Morgan fingerprint density at radius 2 is 1.85 bits per heavy atom. The Kier molecular flexibility index (Phi) is 8.65. The van der Waals surface area contributed by atoms with E-state index in [0.29, 0.717) is 13.2 Å². The van der Waals surface area contributed by atoms with Crippen LogP contribution >= 0.6 is 0 Å². The lowest BCUT2D eigenvalue weighted by Gasteiger charge is -2.22. The molecule has 5 heteroatoms. The van der Waals surface area contributed by atoms with E-state index < -0.39 is 5.60 Å². The minimum atomic E-state index is -0.462. The number of rotatable bonds is 9. The van der Waals surface area contributed by atoms with E-state index in [9.17, 15) is 4.79 Å². The van der Waals surface area contributed by atoms with Crippen LogP contribution in [-0.4, -0.2) is 49.3 Å². The highest BCUT2D eigenvalue weighted by molar-refractivity contribution is 5.74. The fourth-order valence-corrected chi connectivity index (χ4v) is 1.44. The summed E-state index contributed by atoms with van der Waals surface area (Å²) in [6.45, 7) is 10.9. The first kappa shape index (κ1) is 19.1. The maximum absolute atomic E-state index is 11.4. The van der Waals surface area contributed by atoms with Gasteiger partial charge in [-0.1, -0.05) is 13.8 Å². The molecule has 0 fully saturated rings. The smallest absolute Gasteiger partial charge is 0.328 e. The average molecular weight is 287 g/mol. The van der Waals surface area contributed by atoms with Crippen molar-refractivity contribution in [3.8, 4) is 0 Å². The molecule has 0 aromatic carbocycles. The molecule has 0 aliphatic rings. The van der Waals surface area contributed by atoms with Gasteiger partial charge < -0.3 is 14.6 Å². The normalized spacial score (nSPS) is 12.9. The maximum Gasteiger partial charge on any atom is 0.328 e. The fourth-order valence-electron chi connectivity index (χ4n) is 1.44. The lowest BCUT2D eigenvalue weighted by molar-refractivity contribution is -0.152. The minimum Gasteiger partial charge on any atom is -0.459 e. The molecule has 0 radical (unpaired) electrons. The number of nitrogens with zero attached hydrogens (tertiary/aromatic N) is 1. The first-order chi connectivity index (χ1) is 9.16. The van der Waals surface area contributed by atoms with E-state index in [4.69, 9.17) is 14.6 Å². The quantitative estimate of drug-likeness (QED) is 0.401. The van der Waals surface area contributed by atoms with Crippen molar-refractivity contribution in [3.63, 3.8) is 0 Å². The van der Waals surface area contributed by atoms with Gasteiger partial charge in [0.25, 0.3) is 0 Å². The third-order valence-corrected chi connectivity index (χ3v) is 2.57. The monoisotopic (exact) mass is 287 g/mol. The first-order valence-electron chi connectivity index (χ1n) is 7.05. The first-order valence-corrected chi connectivity index (χ1v) is 7.05. The van der Waals surface area contributed by atoms with Gasteiger partial charge in [0.2, 0.25) is 0 Å². The average Bonchev–Trinajstić information content (AvgIpc) is 2.28. The molecule has 0 aromatic rings. The van der Waals surface area contributed by atoms with Crippen molar-refractivity contribution in [1.29, 1.82) is 0 Å². The second-order valence-corrected chi connectivity index (χ2v) is 6.56. The van der Waals surface area contributed by atoms with Gasteiger partial charge in [0, 0.05) is 6.61 Å². The van der Waals surface area contributed by atoms with Crippen LogP contribution < -0.4 is 0 Å². The van der Waals surface area contributed by atoms with E-state index >= 15 is 0 Å². The van der Waals surface area contributed by atoms with Gasteiger partial charge in [-0.2, -0.15) is 0 Å². The third kappa shape index (κ3) is 12.1. The predicted octanol–water partition coefficient (Wildman–Crippen LogP) is 2.21. The summed E-state index contributed by atoms with van der Waals surface area (Å²) in [5.41, 5.74) is -0.400. The number of hydrogen-bond donors (Lipinski definition) is 1. The summed E-state index contributed by atoms with van der Waals surface area (Å²) in [7, 11) is 0. The number of ether oxygens (including phenoxy) is 2. The SMILES string of the molecule is CC(C)(CC=NCC(=O)OC(C)(C)C)CCOCCO.